The molecule has 1 aliphatic heterocycles. The minimum atomic E-state index is -0.801. The second kappa shape index (κ2) is 7.19. The molecule has 4 rings (SSSR count). The number of aryl methyl sites for hydroxylation is 1. The Bertz CT molecular complexity index is 1030. The Kier molecular flexibility index (Phi) is 4.57. The fourth-order valence-corrected chi connectivity index (χ4v) is 3.15. The Morgan fingerprint density at radius 2 is 1.82 bits per heavy atom. The van der Waals surface area contributed by atoms with Crippen LogP contribution in [0.3, 0.4) is 0 Å². The van der Waals surface area contributed by atoms with E-state index in [1.165, 1.54) is 11.9 Å². The van der Waals surface area contributed by atoms with Crippen LogP contribution in [0.1, 0.15) is 16.2 Å². The lowest BCUT2D eigenvalue weighted by molar-refractivity contribution is -0.127. The molecule has 0 bridgehead atoms. The normalized spacial score (nSPS) is 15.5. The zero-order valence-corrected chi connectivity index (χ0v) is 15.5. The molecule has 0 spiro atoms. The van der Waals surface area contributed by atoms with Crippen molar-refractivity contribution in [2.24, 2.45) is 0 Å². The van der Waals surface area contributed by atoms with Crippen molar-refractivity contribution in [1.29, 1.82) is 0 Å². The molecule has 0 radical (unpaired) electrons. The number of benzene rings is 2. The number of amides is 2. The standard InChI is InChI=1S/C21H19N3O4/c1-13-18(23-20(27-13)14-8-4-3-5-9-14)21(26)24-12-17(19(25)22-2)28-16-11-7-6-10-15(16)24/h3-11,17H,12H2,1-2H3,(H,22,25). The third kappa shape index (κ3) is 3.11. The summed E-state index contributed by atoms with van der Waals surface area (Å²) in [5.41, 5.74) is 1.60. The van der Waals surface area contributed by atoms with Crippen LogP contribution in [0.2, 0.25) is 0 Å². The highest BCUT2D eigenvalue weighted by molar-refractivity contribution is 6.07. The molecule has 28 heavy (non-hydrogen) atoms. The summed E-state index contributed by atoms with van der Waals surface area (Å²) in [7, 11) is 1.53. The first-order chi connectivity index (χ1) is 13.6. The minimum absolute atomic E-state index is 0.0858. The predicted molar refractivity (Wildman–Crippen MR) is 103 cm³/mol. The van der Waals surface area contributed by atoms with E-state index in [0.29, 0.717) is 23.1 Å². The number of fused-ring (bicyclic) bond motifs is 1. The van der Waals surface area contributed by atoms with Gasteiger partial charge < -0.3 is 14.5 Å². The van der Waals surface area contributed by atoms with E-state index in [9.17, 15) is 9.59 Å². The summed E-state index contributed by atoms with van der Waals surface area (Å²) in [6, 6.07) is 16.5. The number of oxazole rings is 1. The third-order valence-corrected chi connectivity index (χ3v) is 4.58. The Morgan fingerprint density at radius 1 is 1.11 bits per heavy atom. The molecule has 1 aromatic heterocycles. The quantitative estimate of drug-likeness (QED) is 0.759. The summed E-state index contributed by atoms with van der Waals surface area (Å²) in [4.78, 5) is 31.4. The largest absolute Gasteiger partial charge is 0.477 e. The van der Waals surface area contributed by atoms with Crippen molar-refractivity contribution in [3.05, 3.63) is 66.1 Å². The molecule has 0 saturated heterocycles. The molecular weight excluding hydrogens is 358 g/mol. The van der Waals surface area contributed by atoms with Crippen LogP contribution < -0.4 is 15.0 Å². The van der Waals surface area contributed by atoms with Crippen molar-refractivity contribution >= 4 is 17.5 Å². The van der Waals surface area contributed by atoms with Gasteiger partial charge in [0.05, 0.1) is 12.2 Å². The summed E-state index contributed by atoms with van der Waals surface area (Å²) in [5.74, 6) is 0.637. The van der Waals surface area contributed by atoms with Gasteiger partial charge in [0.15, 0.2) is 11.8 Å². The van der Waals surface area contributed by atoms with Crippen molar-refractivity contribution in [1.82, 2.24) is 10.3 Å². The molecule has 0 fully saturated rings. The van der Waals surface area contributed by atoms with Crippen molar-refractivity contribution in [2.45, 2.75) is 13.0 Å². The maximum atomic E-state index is 13.3. The van der Waals surface area contributed by atoms with Crippen LogP contribution in [0.25, 0.3) is 11.5 Å². The summed E-state index contributed by atoms with van der Waals surface area (Å²) in [6.07, 6.45) is -0.801. The van der Waals surface area contributed by atoms with Gasteiger partial charge in [-0.3, -0.25) is 14.5 Å². The van der Waals surface area contributed by atoms with E-state index in [1.54, 1.807) is 25.1 Å². The number of hydrogen-bond donors (Lipinski definition) is 1. The number of nitrogens with zero attached hydrogens (tertiary/aromatic N) is 2. The molecule has 0 saturated carbocycles. The van der Waals surface area contributed by atoms with Gasteiger partial charge in [-0.25, -0.2) is 4.98 Å². The molecule has 142 valence electrons. The number of likely N-dealkylation sites (N-methyl/N-ethyl adjacent to an activating group) is 1. The number of aromatic nitrogens is 1. The van der Waals surface area contributed by atoms with E-state index in [-0.39, 0.29) is 24.1 Å². The minimum Gasteiger partial charge on any atom is -0.477 e. The average Bonchev–Trinajstić information content (AvgIpc) is 3.14. The topological polar surface area (TPSA) is 84.7 Å². The highest BCUT2D eigenvalue weighted by Crippen LogP contribution is 2.34. The molecule has 2 heterocycles. The number of anilines is 1. The summed E-state index contributed by atoms with van der Waals surface area (Å²) in [6.45, 7) is 1.79. The van der Waals surface area contributed by atoms with Crippen molar-refractivity contribution in [3.63, 3.8) is 0 Å². The van der Waals surface area contributed by atoms with E-state index in [4.69, 9.17) is 9.15 Å². The van der Waals surface area contributed by atoms with Crippen molar-refractivity contribution in [3.8, 4) is 17.2 Å². The fraction of sp³-hybridized carbons (Fsp3) is 0.190. The summed E-state index contributed by atoms with van der Waals surface area (Å²) < 4.78 is 11.5. The molecule has 1 N–H and O–H groups in total. The van der Waals surface area contributed by atoms with Crippen LogP contribution in [0.15, 0.2) is 59.0 Å². The molecule has 0 aliphatic carbocycles. The van der Waals surface area contributed by atoms with Gasteiger partial charge in [0.2, 0.25) is 5.89 Å². The number of carbonyl (C=O) groups excluding carboxylic acids is 2. The van der Waals surface area contributed by atoms with Gasteiger partial charge in [-0.05, 0) is 31.2 Å². The number of rotatable bonds is 3. The highest BCUT2D eigenvalue weighted by atomic mass is 16.5. The van der Waals surface area contributed by atoms with E-state index < -0.39 is 6.10 Å². The molecule has 7 heteroatoms. The number of carbonyl (C=O) groups is 2. The molecule has 1 aliphatic rings. The van der Waals surface area contributed by atoms with Crippen LogP contribution >= 0.6 is 0 Å². The zero-order valence-electron chi connectivity index (χ0n) is 15.5. The van der Waals surface area contributed by atoms with Crippen molar-refractivity contribution < 1.29 is 18.7 Å². The number of nitrogens with one attached hydrogen (secondary N) is 1. The fourth-order valence-electron chi connectivity index (χ4n) is 3.15. The van der Waals surface area contributed by atoms with Crippen molar-refractivity contribution in [2.75, 3.05) is 18.5 Å². The Balaban J connectivity index is 1.71. The SMILES string of the molecule is CNC(=O)C1CN(C(=O)c2nc(-c3ccccc3)oc2C)c2ccccc2O1. The maximum absolute atomic E-state index is 13.3. The third-order valence-electron chi connectivity index (χ3n) is 4.58. The maximum Gasteiger partial charge on any atom is 0.280 e. The lowest BCUT2D eigenvalue weighted by Crippen LogP contribution is -2.50. The summed E-state index contributed by atoms with van der Waals surface area (Å²) >= 11 is 0. The molecule has 2 aromatic carbocycles. The van der Waals surface area contributed by atoms with Gasteiger partial charge in [-0.1, -0.05) is 30.3 Å². The predicted octanol–water partition coefficient (Wildman–Crippen LogP) is 2.80. The Labute approximate surface area is 161 Å². The molecule has 1 atom stereocenters. The number of ether oxygens (including phenoxy) is 1. The second-order valence-electron chi connectivity index (χ2n) is 6.39. The highest BCUT2D eigenvalue weighted by Gasteiger charge is 2.35. The van der Waals surface area contributed by atoms with Gasteiger partial charge in [0.25, 0.3) is 11.8 Å². The van der Waals surface area contributed by atoms with Crippen LogP contribution in [-0.4, -0.2) is 36.5 Å². The van der Waals surface area contributed by atoms with Crippen LogP contribution in [-0.2, 0) is 4.79 Å². The van der Waals surface area contributed by atoms with Gasteiger partial charge in [-0.2, -0.15) is 0 Å². The van der Waals surface area contributed by atoms with Crippen LogP contribution in [0.4, 0.5) is 5.69 Å². The molecule has 7 nitrogen and oxygen atoms in total. The Hall–Kier alpha value is -3.61. The van der Waals surface area contributed by atoms with Gasteiger partial charge in [0, 0.05) is 12.6 Å². The summed E-state index contributed by atoms with van der Waals surface area (Å²) in [5, 5.41) is 2.57. The monoisotopic (exact) mass is 377 g/mol. The van der Waals surface area contributed by atoms with E-state index >= 15 is 0 Å². The van der Waals surface area contributed by atoms with E-state index in [0.717, 1.165) is 5.56 Å². The first-order valence-corrected chi connectivity index (χ1v) is 8.90. The van der Waals surface area contributed by atoms with Gasteiger partial charge in [-0.15, -0.1) is 0 Å². The van der Waals surface area contributed by atoms with E-state index in [2.05, 4.69) is 10.3 Å². The van der Waals surface area contributed by atoms with Crippen LogP contribution in [0.5, 0.6) is 5.75 Å². The van der Waals surface area contributed by atoms with Crippen LogP contribution in [0, 0.1) is 6.92 Å². The number of hydrogen-bond acceptors (Lipinski definition) is 5. The first-order valence-electron chi connectivity index (χ1n) is 8.90. The molecule has 3 aromatic rings. The first kappa shape index (κ1) is 17.8. The molecule has 1 unspecified atom stereocenters. The lowest BCUT2D eigenvalue weighted by atomic mass is 10.1. The second-order valence-corrected chi connectivity index (χ2v) is 6.39. The van der Waals surface area contributed by atoms with Gasteiger partial charge >= 0.3 is 0 Å². The lowest BCUT2D eigenvalue weighted by Gasteiger charge is -2.33. The number of para-hydroxylation sites is 2. The smallest absolute Gasteiger partial charge is 0.280 e. The molecular formula is C21H19N3O4. The zero-order chi connectivity index (χ0) is 19.7. The average molecular weight is 377 g/mol. The van der Waals surface area contributed by atoms with E-state index in [1.807, 2.05) is 36.4 Å². The molecule has 2 amide bonds. The Morgan fingerprint density at radius 3 is 2.57 bits per heavy atom. The van der Waals surface area contributed by atoms with Gasteiger partial charge in [0.1, 0.15) is 11.5 Å².